The van der Waals surface area contributed by atoms with Gasteiger partial charge in [0.1, 0.15) is 23.7 Å². The molecule has 0 saturated carbocycles. The number of rotatable bonds is 3. The molecule has 1 aliphatic heterocycles. The van der Waals surface area contributed by atoms with E-state index in [0.29, 0.717) is 18.7 Å². The smallest absolute Gasteiger partial charge is 0.160 e. The van der Waals surface area contributed by atoms with Crippen LogP contribution in [0.2, 0.25) is 0 Å². The highest BCUT2D eigenvalue weighted by molar-refractivity contribution is 5.88. The van der Waals surface area contributed by atoms with E-state index in [4.69, 9.17) is 9.72 Å². The number of nitrogens with zero attached hydrogens (tertiary/aromatic N) is 4. The summed E-state index contributed by atoms with van der Waals surface area (Å²) in [5, 5.41) is 9.67. The number of hydrogen-bond acceptors (Lipinski definition) is 4. The van der Waals surface area contributed by atoms with E-state index in [2.05, 4.69) is 59.8 Å². The summed E-state index contributed by atoms with van der Waals surface area (Å²) >= 11 is 0. The number of aryl methyl sites for hydroxylation is 2. The average molecular weight is 421 g/mol. The Morgan fingerprint density at radius 2 is 2.00 bits per heavy atom. The molecule has 5 nitrogen and oxygen atoms in total. The molecule has 0 spiro atoms. The van der Waals surface area contributed by atoms with Crippen LogP contribution in [-0.2, 0) is 19.6 Å². The summed E-state index contributed by atoms with van der Waals surface area (Å²) in [6, 6.07) is 18.8. The van der Waals surface area contributed by atoms with Crippen LogP contribution < -0.4 is 4.74 Å². The molecule has 0 unspecified atom stereocenters. The molecule has 5 heteroatoms. The lowest BCUT2D eigenvalue weighted by Crippen LogP contribution is -2.06. The minimum absolute atomic E-state index is 0.476. The fraction of sp³-hybridized carbons (Fsp3) is 0.222. The molecule has 0 N–H and O–H groups in total. The molecule has 0 fully saturated rings. The van der Waals surface area contributed by atoms with Crippen LogP contribution in [-0.4, -0.2) is 14.5 Å². The van der Waals surface area contributed by atoms with Gasteiger partial charge >= 0.3 is 0 Å². The third kappa shape index (κ3) is 3.25. The number of benzene rings is 2. The molecule has 158 valence electrons. The van der Waals surface area contributed by atoms with Gasteiger partial charge in [-0.1, -0.05) is 43.3 Å². The second kappa shape index (κ2) is 7.97. The Labute approximate surface area is 187 Å². The maximum absolute atomic E-state index is 9.67. The van der Waals surface area contributed by atoms with Gasteiger partial charge in [-0.2, -0.15) is 5.26 Å². The fourth-order valence-electron chi connectivity index (χ4n) is 4.44. The molecule has 0 atom stereocenters. The normalized spacial score (nSPS) is 14.2. The molecule has 0 saturated heterocycles. The van der Waals surface area contributed by atoms with Crippen molar-refractivity contribution in [1.29, 1.82) is 5.26 Å². The van der Waals surface area contributed by atoms with Crippen molar-refractivity contribution in [1.82, 2.24) is 14.5 Å². The van der Waals surface area contributed by atoms with Crippen LogP contribution in [0.5, 0.6) is 5.75 Å². The third-order valence-electron chi connectivity index (χ3n) is 6.10. The van der Waals surface area contributed by atoms with E-state index >= 15 is 0 Å². The van der Waals surface area contributed by atoms with Crippen LogP contribution in [0.4, 0.5) is 0 Å². The predicted molar refractivity (Wildman–Crippen MR) is 125 cm³/mol. The van der Waals surface area contributed by atoms with Crippen molar-refractivity contribution in [3.8, 4) is 11.8 Å². The molecule has 0 aliphatic carbocycles. The van der Waals surface area contributed by atoms with Crippen molar-refractivity contribution in [3.05, 3.63) is 93.9 Å². The molecule has 3 heterocycles. The summed E-state index contributed by atoms with van der Waals surface area (Å²) in [5.41, 5.74) is 8.85. The maximum atomic E-state index is 9.67. The number of aromatic nitrogens is 3. The van der Waals surface area contributed by atoms with Crippen LogP contribution in [0.25, 0.3) is 16.7 Å². The minimum Gasteiger partial charge on any atom is -0.488 e. The van der Waals surface area contributed by atoms with E-state index in [-0.39, 0.29) is 0 Å². The molecular weight excluding hydrogens is 396 g/mol. The Hall–Kier alpha value is -3.91. The lowest BCUT2D eigenvalue weighted by molar-refractivity contribution is 0.307. The summed E-state index contributed by atoms with van der Waals surface area (Å²) in [5.74, 6) is 1.82. The summed E-state index contributed by atoms with van der Waals surface area (Å²) in [4.78, 5) is 9.44. The first-order chi connectivity index (χ1) is 15.6. The van der Waals surface area contributed by atoms with Gasteiger partial charge in [0.15, 0.2) is 5.65 Å². The zero-order valence-corrected chi connectivity index (χ0v) is 18.5. The molecule has 0 radical (unpaired) electrons. The lowest BCUT2D eigenvalue weighted by atomic mass is 9.90. The van der Waals surface area contributed by atoms with E-state index in [1.807, 2.05) is 31.3 Å². The van der Waals surface area contributed by atoms with E-state index < -0.39 is 0 Å². The minimum atomic E-state index is 0.476. The first-order valence-corrected chi connectivity index (χ1v) is 10.9. The SMILES string of the molecule is CCc1nc2c(C)ccnc2n1Cc1ccc2c(c1)OCc1ccccc1/C2=C(/C)C#N. The van der Waals surface area contributed by atoms with Crippen LogP contribution in [0, 0.1) is 18.3 Å². The monoisotopic (exact) mass is 420 g/mol. The zero-order chi connectivity index (χ0) is 22.2. The van der Waals surface area contributed by atoms with Crippen molar-refractivity contribution in [2.45, 2.75) is 40.3 Å². The summed E-state index contributed by atoms with van der Waals surface area (Å²) in [6.45, 7) is 7.19. The Morgan fingerprint density at radius 3 is 2.81 bits per heavy atom. The van der Waals surface area contributed by atoms with Gasteiger partial charge in [0.25, 0.3) is 0 Å². The largest absolute Gasteiger partial charge is 0.488 e. The molecular formula is C27H24N4O. The Bertz CT molecular complexity index is 1420. The zero-order valence-electron chi connectivity index (χ0n) is 18.5. The summed E-state index contributed by atoms with van der Waals surface area (Å²) in [7, 11) is 0. The predicted octanol–water partition coefficient (Wildman–Crippen LogP) is 5.59. The molecule has 5 rings (SSSR count). The van der Waals surface area contributed by atoms with E-state index in [9.17, 15) is 5.26 Å². The van der Waals surface area contributed by atoms with Crippen molar-refractivity contribution >= 4 is 16.7 Å². The standard InChI is InChI=1S/C27H24N4O/c1-4-24-30-26-17(2)11-12-29-27(26)31(24)15-19-9-10-22-23(13-19)32-16-20-7-5-6-8-21(20)25(22)18(3)14-28/h5-13H,4,15-16H2,1-3H3/b25-18+. The molecule has 0 amide bonds. The Kier molecular flexibility index (Phi) is 4.99. The van der Waals surface area contributed by atoms with E-state index in [0.717, 1.165) is 62.5 Å². The number of fused-ring (bicyclic) bond motifs is 3. The fourth-order valence-corrected chi connectivity index (χ4v) is 4.44. The summed E-state index contributed by atoms with van der Waals surface area (Å²) < 4.78 is 8.43. The van der Waals surface area contributed by atoms with Crippen molar-refractivity contribution in [2.75, 3.05) is 0 Å². The first-order valence-electron chi connectivity index (χ1n) is 10.9. The second-order valence-electron chi connectivity index (χ2n) is 8.16. The number of allylic oxidation sites excluding steroid dienone is 1. The molecule has 32 heavy (non-hydrogen) atoms. The van der Waals surface area contributed by atoms with Gasteiger partial charge in [-0.3, -0.25) is 0 Å². The van der Waals surface area contributed by atoms with Gasteiger partial charge in [-0.05, 0) is 48.2 Å². The second-order valence-corrected chi connectivity index (χ2v) is 8.16. The Balaban J connectivity index is 1.61. The summed E-state index contributed by atoms with van der Waals surface area (Å²) in [6.07, 6.45) is 2.68. The van der Waals surface area contributed by atoms with Gasteiger partial charge in [0.05, 0.1) is 12.6 Å². The van der Waals surface area contributed by atoms with E-state index in [1.165, 1.54) is 0 Å². The quantitative estimate of drug-likeness (QED) is 0.405. The highest BCUT2D eigenvalue weighted by Crippen LogP contribution is 2.39. The van der Waals surface area contributed by atoms with Crippen LogP contribution in [0.1, 0.15) is 47.5 Å². The number of nitriles is 1. The maximum Gasteiger partial charge on any atom is 0.160 e. The van der Waals surface area contributed by atoms with Crippen LogP contribution in [0.15, 0.2) is 60.3 Å². The number of ether oxygens (including phenoxy) is 1. The van der Waals surface area contributed by atoms with Crippen molar-refractivity contribution < 1.29 is 4.74 Å². The topological polar surface area (TPSA) is 63.7 Å². The highest BCUT2D eigenvalue weighted by atomic mass is 16.5. The number of imidazole rings is 1. The van der Waals surface area contributed by atoms with E-state index in [1.54, 1.807) is 0 Å². The van der Waals surface area contributed by atoms with Crippen LogP contribution >= 0.6 is 0 Å². The van der Waals surface area contributed by atoms with Crippen molar-refractivity contribution in [2.24, 2.45) is 0 Å². The first kappa shape index (κ1) is 20.0. The van der Waals surface area contributed by atoms with Gasteiger partial charge in [0, 0.05) is 29.3 Å². The highest BCUT2D eigenvalue weighted by Gasteiger charge is 2.22. The van der Waals surface area contributed by atoms with Gasteiger partial charge in [-0.25, -0.2) is 9.97 Å². The molecule has 2 aromatic heterocycles. The molecule has 4 aromatic rings. The lowest BCUT2D eigenvalue weighted by Gasteiger charge is -2.14. The Morgan fingerprint density at radius 1 is 1.16 bits per heavy atom. The van der Waals surface area contributed by atoms with Crippen LogP contribution in [0.3, 0.4) is 0 Å². The van der Waals surface area contributed by atoms with Gasteiger partial charge < -0.3 is 9.30 Å². The van der Waals surface area contributed by atoms with Gasteiger partial charge in [-0.15, -0.1) is 0 Å². The average Bonchev–Trinajstić information content (AvgIpc) is 3.09. The molecule has 2 aromatic carbocycles. The molecule has 0 bridgehead atoms. The van der Waals surface area contributed by atoms with Gasteiger partial charge in [0.2, 0.25) is 0 Å². The number of hydrogen-bond donors (Lipinski definition) is 0. The van der Waals surface area contributed by atoms with Crippen molar-refractivity contribution in [3.63, 3.8) is 0 Å². The third-order valence-corrected chi connectivity index (χ3v) is 6.10. The molecule has 1 aliphatic rings. The number of pyridine rings is 1.